The van der Waals surface area contributed by atoms with Gasteiger partial charge in [-0.05, 0) is 66.1 Å². The summed E-state index contributed by atoms with van der Waals surface area (Å²) in [5, 5.41) is -1.85. The van der Waals surface area contributed by atoms with Gasteiger partial charge in [-0.1, -0.05) is 43.1 Å². The Morgan fingerprint density at radius 1 is 0.652 bits per heavy atom. The van der Waals surface area contributed by atoms with Crippen LogP contribution in [0.4, 0.5) is 48.3 Å². The first kappa shape index (κ1) is 32.7. The minimum atomic E-state index is -5.12. The molecule has 4 aromatic carbocycles. The average Bonchev–Trinajstić information content (AvgIpc) is 2.95. The number of benzene rings is 4. The molecule has 0 aromatic heterocycles. The van der Waals surface area contributed by atoms with Gasteiger partial charge in [-0.15, -0.1) is 0 Å². The van der Waals surface area contributed by atoms with Crippen LogP contribution >= 0.6 is 0 Å². The van der Waals surface area contributed by atoms with Crippen LogP contribution < -0.4 is 4.74 Å². The highest BCUT2D eigenvalue weighted by molar-refractivity contribution is 5.87. The molecule has 0 spiro atoms. The summed E-state index contributed by atoms with van der Waals surface area (Å²) in [4.78, 5) is 0. The molecule has 0 atom stereocenters. The third-order valence-electron chi connectivity index (χ3n) is 7.37. The lowest BCUT2D eigenvalue weighted by Crippen LogP contribution is -2.25. The van der Waals surface area contributed by atoms with E-state index < -0.39 is 80.4 Å². The van der Waals surface area contributed by atoms with Crippen LogP contribution in [0.15, 0.2) is 48.5 Å². The number of hydrogen-bond donors (Lipinski definition) is 0. The van der Waals surface area contributed by atoms with Crippen molar-refractivity contribution in [2.75, 3.05) is 0 Å². The number of rotatable bonds is 4. The van der Waals surface area contributed by atoms with E-state index in [0.717, 1.165) is 37.7 Å². The van der Waals surface area contributed by atoms with E-state index >= 15 is 0 Å². The molecule has 0 heterocycles. The molecule has 238 valence electrons. The van der Waals surface area contributed by atoms with Crippen molar-refractivity contribution in [3.8, 4) is 29.4 Å². The Labute approximate surface area is 255 Å². The Morgan fingerprint density at radius 2 is 1.33 bits per heavy atom. The zero-order valence-corrected chi connectivity index (χ0v) is 23.3. The van der Waals surface area contributed by atoms with Crippen LogP contribution in [0.25, 0.3) is 10.8 Å². The van der Waals surface area contributed by atoms with E-state index in [1.165, 1.54) is 18.1 Å². The summed E-state index contributed by atoms with van der Waals surface area (Å²) in [6, 6.07) is 6.37. The molecule has 0 amide bonds. The number of halogens is 11. The van der Waals surface area contributed by atoms with Crippen molar-refractivity contribution in [2.45, 2.75) is 50.3 Å². The molecule has 1 aliphatic carbocycles. The van der Waals surface area contributed by atoms with Gasteiger partial charge in [0.2, 0.25) is 0 Å². The highest BCUT2D eigenvalue weighted by Gasteiger charge is 2.41. The van der Waals surface area contributed by atoms with E-state index in [1.54, 1.807) is 6.07 Å². The maximum Gasteiger partial charge on any atom is 0.458 e. The molecule has 0 radical (unpaired) electrons. The molecular weight excluding hydrogens is 633 g/mol. The fraction of sp³-hybridized carbons (Fsp3) is 0.235. The Balaban J connectivity index is 1.40. The molecule has 1 fully saturated rings. The van der Waals surface area contributed by atoms with Crippen molar-refractivity contribution >= 4 is 10.8 Å². The zero-order chi connectivity index (χ0) is 33.4. The quantitative estimate of drug-likeness (QED) is 0.158. The number of fused-ring (bicyclic) bond motifs is 1. The first-order valence-corrected chi connectivity index (χ1v) is 13.7. The molecule has 0 N–H and O–H groups in total. The summed E-state index contributed by atoms with van der Waals surface area (Å²) in [6.07, 6.45) is -4.87. The summed E-state index contributed by atoms with van der Waals surface area (Å²) in [6.45, 7) is 0. The lowest BCUT2D eigenvalue weighted by molar-refractivity contribution is -0.189. The smallest absolute Gasteiger partial charge is 0.429 e. The molecule has 0 bridgehead atoms. The highest BCUT2D eigenvalue weighted by Crippen LogP contribution is 2.38. The molecule has 1 saturated carbocycles. The van der Waals surface area contributed by atoms with Crippen LogP contribution in [-0.2, 0) is 6.11 Å². The van der Waals surface area contributed by atoms with Crippen LogP contribution in [0.1, 0.15) is 65.8 Å². The van der Waals surface area contributed by atoms with Crippen LogP contribution in [-0.4, -0.2) is 6.18 Å². The second-order valence-corrected chi connectivity index (χ2v) is 10.6. The molecule has 46 heavy (non-hydrogen) atoms. The minimum Gasteiger partial charge on any atom is -0.429 e. The first-order chi connectivity index (χ1) is 21.6. The Hall–Kier alpha value is -4.71. The Bertz CT molecular complexity index is 1930. The van der Waals surface area contributed by atoms with Gasteiger partial charge in [0.1, 0.15) is 40.4 Å². The molecule has 0 unspecified atom stereocenters. The lowest BCUT2D eigenvalue weighted by atomic mass is 9.84. The first-order valence-electron chi connectivity index (χ1n) is 13.7. The van der Waals surface area contributed by atoms with Gasteiger partial charge in [-0.25, -0.2) is 26.3 Å². The molecule has 4 aromatic rings. The second-order valence-electron chi connectivity index (χ2n) is 10.6. The minimum absolute atomic E-state index is 0.0798. The van der Waals surface area contributed by atoms with Crippen molar-refractivity contribution in [2.24, 2.45) is 0 Å². The summed E-state index contributed by atoms with van der Waals surface area (Å²) in [5.74, 6) is -3.79. The monoisotopic (exact) mass is 652 g/mol. The van der Waals surface area contributed by atoms with Crippen LogP contribution in [0.5, 0.6) is 5.75 Å². The number of hydrogen-bond acceptors (Lipinski definition) is 1. The summed E-state index contributed by atoms with van der Waals surface area (Å²) in [7, 11) is 0. The topological polar surface area (TPSA) is 9.23 Å². The van der Waals surface area contributed by atoms with E-state index in [0.29, 0.717) is 30.2 Å². The zero-order valence-electron chi connectivity index (χ0n) is 23.3. The standard InChI is InChI=1S/C34H19F11O/c35-25-15-21(19-4-2-1-3-5-19)9-8-20(25)7-6-18-12-28(38)31(29(39)13-18)34(44,45)46-23-14-22-16-26(36)24(10-11-33(41,42)43)32(40)30(22)27(37)17-23/h8-9,12-17,19H,1-5H2. The summed E-state index contributed by atoms with van der Waals surface area (Å²) in [5.41, 5.74) is -3.01. The van der Waals surface area contributed by atoms with Gasteiger partial charge in [-0.2, -0.15) is 22.0 Å². The molecule has 0 aliphatic heterocycles. The fourth-order valence-electron chi connectivity index (χ4n) is 5.28. The molecule has 12 heteroatoms. The SMILES string of the molecule is Fc1cc(C2CCCCC2)ccc1C#Cc1cc(F)c(C(F)(F)Oc2cc(F)c3c(F)c(C#CC(F)(F)F)c(F)cc3c2)c(F)c1. The third-order valence-corrected chi connectivity index (χ3v) is 7.37. The van der Waals surface area contributed by atoms with Gasteiger partial charge in [-0.3, -0.25) is 0 Å². The predicted octanol–water partition coefficient (Wildman–Crippen LogP) is 10.2. The molecule has 1 aliphatic rings. The van der Waals surface area contributed by atoms with Gasteiger partial charge in [0.05, 0.1) is 16.5 Å². The molecular formula is C34H19F11O. The highest BCUT2D eigenvalue weighted by atomic mass is 19.4. The van der Waals surface area contributed by atoms with Crippen molar-refractivity contribution in [1.82, 2.24) is 0 Å². The van der Waals surface area contributed by atoms with Crippen molar-refractivity contribution in [3.63, 3.8) is 0 Å². The van der Waals surface area contributed by atoms with Crippen LogP contribution in [0.2, 0.25) is 0 Å². The number of ether oxygens (including phenoxy) is 1. The maximum atomic E-state index is 15.0. The summed E-state index contributed by atoms with van der Waals surface area (Å²) < 4.78 is 159. The van der Waals surface area contributed by atoms with Gasteiger partial charge in [0.15, 0.2) is 5.82 Å². The van der Waals surface area contributed by atoms with Crippen molar-refractivity contribution < 1.29 is 53.0 Å². The van der Waals surface area contributed by atoms with Crippen LogP contribution in [0, 0.1) is 58.6 Å². The van der Waals surface area contributed by atoms with E-state index in [4.69, 9.17) is 0 Å². The van der Waals surface area contributed by atoms with Crippen molar-refractivity contribution in [3.05, 3.63) is 111 Å². The number of alkyl halides is 5. The Morgan fingerprint density at radius 3 is 1.96 bits per heavy atom. The second kappa shape index (κ2) is 12.6. The van der Waals surface area contributed by atoms with Gasteiger partial charge in [0, 0.05) is 17.6 Å². The average molecular weight is 653 g/mol. The largest absolute Gasteiger partial charge is 0.458 e. The summed E-state index contributed by atoms with van der Waals surface area (Å²) >= 11 is 0. The predicted molar refractivity (Wildman–Crippen MR) is 146 cm³/mol. The van der Waals surface area contributed by atoms with Crippen LogP contribution in [0.3, 0.4) is 0 Å². The lowest BCUT2D eigenvalue weighted by Gasteiger charge is -2.22. The molecule has 1 nitrogen and oxygen atoms in total. The molecule has 5 rings (SSSR count). The maximum absolute atomic E-state index is 15.0. The molecule has 0 saturated heterocycles. The van der Waals surface area contributed by atoms with Gasteiger partial charge in [0.25, 0.3) is 0 Å². The van der Waals surface area contributed by atoms with E-state index in [1.807, 2.05) is 0 Å². The fourth-order valence-corrected chi connectivity index (χ4v) is 5.28. The van der Waals surface area contributed by atoms with E-state index in [9.17, 15) is 48.3 Å². The van der Waals surface area contributed by atoms with Gasteiger partial charge < -0.3 is 4.74 Å². The van der Waals surface area contributed by atoms with Gasteiger partial charge >= 0.3 is 12.3 Å². The van der Waals surface area contributed by atoms with E-state index in [2.05, 4.69) is 16.6 Å². The van der Waals surface area contributed by atoms with E-state index in [-0.39, 0.29) is 17.5 Å². The Kier molecular flexibility index (Phi) is 8.94. The van der Waals surface area contributed by atoms with Crippen molar-refractivity contribution in [1.29, 1.82) is 0 Å². The normalized spacial score (nSPS) is 14.0. The third kappa shape index (κ3) is 7.07.